The minimum Gasteiger partial charge on any atom is -0.496 e. The molecule has 1 N–H and O–H groups in total. The van der Waals surface area contributed by atoms with Gasteiger partial charge in [0.15, 0.2) is 0 Å². The van der Waals surface area contributed by atoms with Gasteiger partial charge in [-0.1, -0.05) is 12.1 Å². The van der Waals surface area contributed by atoms with Crippen LogP contribution in [0.2, 0.25) is 0 Å². The fourth-order valence-corrected chi connectivity index (χ4v) is 1.66. The Hall–Kier alpha value is -1.06. The lowest BCUT2D eigenvalue weighted by atomic mass is 10.1. The van der Waals surface area contributed by atoms with E-state index < -0.39 is 0 Å². The first-order chi connectivity index (χ1) is 7.69. The third-order valence-corrected chi connectivity index (χ3v) is 2.61. The highest BCUT2D eigenvalue weighted by Crippen LogP contribution is 2.25. The summed E-state index contributed by atoms with van der Waals surface area (Å²) < 4.78 is 10.4. The third-order valence-electron chi connectivity index (χ3n) is 2.61. The molecule has 0 aromatic heterocycles. The molecule has 1 unspecified atom stereocenters. The minimum absolute atomic E-state index is 0.269. The van der Waals surface area contributed by atoms with Crippen LogP contribution in [0.15, 0.2) is 18.2 Å². The molecule has 0 amide bonds. The van der Waals surface area contributed by atoms with Crippen molar-refractivity contribution in [2.45, 2.75) is 19.9 Å². The molecule has 0 spiro atoms. The predicted octanol–water partition coefficient (Wildman–Crippen LogP) is 2.30. The molecular weight excluding hydrogens is 202 g/mol. The second-order valence-electron chi connectivity index (χ2n) is 3.91. The van der Waals surface area contributed by atoms with Gasteiger partial charge in [-0.3, -0.25) is 0 Å². The molecule has 0 fully saturated rings. The number of methoxy groups -OCH3 is 2. The van der Waals surface area contributed by atoms with Crippen molar-refractivity contribution in [1.82, 2.24) is 5.32 Å². The quantitative estimate of drug-likeness (QED) is 0.751. The predicted molar refractivity (Wildman–Crippen MR) is 66.0 cm³/mol. The molecule has 0 aliphatic heterocycles. The van der Waals surface area contributed by atoms with Gasteiger partial charge in [0.2, 0.25) is 0 Å². The monoisotopic (exact) mass is 223 g/mol. The van der Waals surface area contributed by atoms with Crippen LogP contribution in [0.4, 0.5) is 0 Å². The Balaban J connectivity index is 2.70. The zero-order chi connectivity index (χ0) is 12.0. The number of hydrogen-bond acceptors (Lipinski definition) is 3. The van der Waals surface area contributed by atoms with Crippen LogP contribution in [0.3, 0.4) is 0 Å². The van der Waals surface area contributed by atoms with Gasteiger partial charge in [-0.2, -0.15) is 0 Å². The van der Waals surface area contributed by atoms with E-state index in [1.165, 1.54) is 11.1 Å². The molecule has 0 bridgehead atoms. The van der Waals surface area contributed by atoms with Gasteiger partial charge in [-0.15, -0.1) is 0 Å². The molecule has 0 saturated carbocycles. The lowest BCUT2D eigenvalue weighted by Gasteiger charge is -2.17. The average molecular weight is 223 g/mol. The Morgan fingerprint density at radius 2 is 2.06 bits per heavy atom. The summed E-state index contributed by atoms with van der Waals surface area (Å²) in [7, 11) is 3.42. The highest BCUT2D eigenvalue weighted by molar-refractivity contribution is 5.38. The first kappa shape index (κ1) is 13.0. The van der Waals surface area contributed by atoms with Crippen molar-refractivity contribution in [1.29, 1.82) is 0 Å². The van der Waals surface area contributed by atoms with Gasteiger partial charge in [0.05, 0.1) is 13.7 Å². The van der Waals surface area contributed by atoms with Crippen molar-refractivity contribution >= 4 is 0 Å². The van der Waals surface area contributed by atoms with Crippen LogP contribution < -0.4 is 10.1 Å². The van der Waals surface area contributed by atoms with Crippen molar-refractivity contribution < 1.29 is 9.47 Å². The molecule has 1 aromatic rings. The molecule has 0 radical (unpaired) electrons. The molecule has 0 aliphatic rings. The maximum Gasteiger partial charge on any atom is 0.123 e. The van der Waals surface area contributed by atoms with Crippen molar-refractivity contribution in [3.8, 4) is 5.75 Å². The summed E-state index contributed by atoms with van der Waals surface area (Å²) in [5, 5.41) is 3.39. The SMILES string of the molecule is COCCNC(C)c1ccc(C)cc1OC. The molecule has 3 heteroatoms. The lowest BCUT2D eigenvalue weighted by Crippen LogP contribution is -2.23. The first-order valence-electron chi connectivity index (χ1n) is 5.56. The van der Waals surface area contributed by atoms with Crippen molar-refractivity contribution in [3.63, 3.8) is 0 Å². The second-order valence-corrected chi connectivity index (χ2v) is 3.91. The van der Waals surface area contributed by atoms with E-state index in [4.69, 9.17) is 9.47 Å². The van der Waals surface area contributed by atoms with Crippen LogP contribution in [0.5, 0.6) is 5.75 Å². The number of hydrogen-bond donors (Lipinski definition) is 1. The van der Waals surface area contributed by atoms with Gasteiger partial charge in [0.1, 0.15) is 5.75 Å². The van der Waals surface area contributed by atoms with Crippen molar-refractivity contribution in [2.75, 3.05) is 27.4 Å². The molecule has 0 aliphatic carbocycles. The molecule has 0 heterocycles. The lowest BCUT2D eigenvalue weighted by molar-refractivity contribution is 0.196. The molecule has 1 atom stereocenters. The maximum atomic E-state index is 5.38. The van der Waals surface area contributed by atoms with E-state index in [2.05, 4.69) is 37.4 Å². The van der Waals surface area contributed by atoms with Gasteiger partial charge < -0.3 is 14.8 Å². The summed E-state index contributed by atoms with van der Waals surface area (Å²) in [6.07, 6.45) is 0. The zero-order valence-corrected chi connectivity index (χ0v) is 10.5. The minimum atomic E-state index is 0.269. The molecule has 90 valence electrons. The van der Waals surface area contributed by atoms with Crippen LogP contribution in [-0.4, -0.2) is 27.4 Å². The van der Waals surface area contributed by atoms with E-state index in [-0.39, 0.29) is 6.04 Å². The standard InChI is InChI=1S/C13H21NO2/c1-10-5-6-12(13(9-10)16-4)11(2)14-7-8-15-3/h5-6,9,11,14H,7-8H2,1-4H3. The summed E-state index contributed by atoms with van der Waals surface area (Å²) >= 11 is 0. The molecule has 3 nitrogen and oxygen atoms in total. The fraction of sp³-hybridized carbons (Fsp3) is 0.538. The Labute approximate surface area is 97.8 Å². The number of ether oxygens (including phenoxy) is 2. The largest absolute Gasteiger partial charge is 0.496 e. The van der Waals surface area contributed by atoms with E-state index in [9.17, 15) is 0 Å². The Kier molecular flexibility index (Phi) is 5.29. The smallest absolute Gasteiger partial charge is 0.123 e. The van der Waals surface area contributed by atoms with Gasteiger partial charge in [0.25, 0.3) is 0 Å². The van der Waals surface area contributed by atoms with Crippen molar-refractivity contribution in [2.24, 2.45) is 0 Å². The Morgan fingerprint density at radius 3 is 2.69 bits per heavy atom. The van der Waals surface area contributed by atoms with E-state index in [0.29, 0.717) is 0 Å². The summed E-state index contributed by atoms with van der Waals surface area (Å²) in [6.45, 7) is 5.76. The topological polar surface area (TPSA) is 30.5 Å². The normalized spacial score (nSPS) is 12.5. The summed E-state index contributed by atoms with van der Waals surface area (Å²) in [4.78, 5) is 0. The zero-order valence-electron chi connectivity index (χ0n) is 10.5. The van der Waals surface area contributed by atoms with Gasteiger partial charge in [0, 0.05) is 25.3 Å². The highest BCUT2D eigenvalue weighted by Gasteiger charge is 2.10. The fourth-order valence-electron chi connectivity index (χ4n) is 1.66. The van der Waals surface area contributed by atoms with Gasteiger partial charge in [-0.25, -0.2) is 0 Å². The van der Waals surface area contributed by atoms with Crippen molar-refractivity contribution in [3.05, 3.63) is 29.3 Å². The maximum absolute atomic E-state index is 5.38. The summed E-state index contributed by atoms with van der Waals surface area (Å²) in [6, 6.07) is 6.54. The Morgan fingerprint density at radius 1 is 1.31 bits per heavy atom. The van der Waals surface area contributed by atoms with E-state index >= 15 is 0 Å². The van der Waals surface area contributed by atoms with E-state index in [0.717, 1.165) is 18.9 Å². The van der Waals surface area contributed by atoms with Gasteiger partial charge >= 0.3 is 0 Å². The molecule has 0 saturated heterocycles. The van der Waals surface area contributed by atoms with Gasteiger partial charge in [-0.05, 0) is 25.5 Å². The van der Waals surface area contributed by atoms with E-state index in [1.807, 2.05) is 0 Å². The highest BCUT2D eigenvalue weighted by atomic mass is 16.5. The summed E-state index contributed by atoms with van der Waals surface area (Å²) in [5.74, 6) is 0.942. The summed E-state index contributed by atoms with van der Waals surface area (Å²) in [5.41, 5.74) is 2.40. The number of aryl methyl sites for hydroxylation is 1. The average Bonchev–Trinajstić information content (AvgIpc) is 2.29. The van der Waals surface area contributed by atoms with Crippen LogP contribution in [0, 0.1) is 6.92 Å². The molecular formula is C13H21NO2. The van der Waals surface area contributed by atoms with Crippen LogP contribution in [0.1, 0.15) is 24.1 Å². The Bertz CT molecular complexity index is 326. The second kappa shape index (κ2) is 6.51. The first-order valence-corrected chi connectivity index (χ1v) is 5.56. The van der Waals surface area contributed by atoms with Crippen LogP contribution >= 0.6 is 0 Å². The third kappa shape index (κ3) is 3.51. The molecule has 16 heavy (non-hydrogen) atoms. The van der Waals surface area contributed by atoms with Crippen LogP contribution in [0.25, 0.3) is 0 Å². The molecule has 1 aromatic carbocycles. The number of rotatable bonds is 6. The van der Waals surface area contributed by atoms with E-state index in [1.54, 1.807) is 14.2 Å². The number of benzene rings is 1. The number of nitrogens with one attached hydrogen (secondary N) is 1. The van der Waals surface area contributed by atoms with Crippen LogP contribution in [-0.2, 0) is 4.74 Å². The molecule has 1 rings (SSSR count).